The lowest BCUT2D eigenvalue weighted by Gasteiger charge is -2.26. The van der Waals surface area contributed by atoms with Crippen molar-refractivity contribution in [2.24, 2.45) is 10.9 Å². The van der Waals surface area contributed by atoms with Crippen molar-refractivity contribution in [2.75, 3.05) is 6.54 Å². The standard InChI is InChI=1S/C36H28ClF7N2O4/c37-29-2-1-3-30(38)28(29)19-50-27-10-8-21(9-11-27)33-23(5-4-20-14-25(35(39,40)41)18-26(15-20)36(42,43)44)16-22-6-7-24(17-31(22)46-33)34(49)45-13-12-32(47)48/h1-3,6-11,14-15,17-18,23H,4-5,12-13,16,19H2,(H,45,49)(H,47,48). The topological polar surface area (TPSA) is 88.0 Å². The van der Waals surface area contributed by atoms with Gasteiger partial charge in [0.25, 0.3) is 5.91 Å². The number of hydrogen-bond acceptors (Lipinski definition) is 4. The minimum absolute atomic E-state index is 0.0897. The molecule has 0 aromatic heterocycles. The van der Waals surface area contributed by atoms with Crippen LogP contribution >= 0.6 is 11.6 Å². The largest absolute Gasteiger partial charge is 0.489 e. The lowest BCUT2D eigenvalue weighted by atomic mass is 9.83. The van der Waals surface area contributed by atoms with Crippen molar-refractivity contribution in [1.29, 1.82) is 0 Å². The maximum Gasteiger partial charge on any atom is 0.416 e. The molecule has 1 atom stereocenters. The van der Waals surface area contributed by atoms with Crippen molar-refractivity contribution in [3.05, 3.63) is 129 Å². The minimum atomic E-state index is -4.98. The number of hydrogen-bond donors (Lipinski definition) is 2. The highest BCUT2D eigenvalue weighted by Crippen LogP contribution is 2.38. The third-order valence-corrected chi connectivity index (χ3v) is 8.44. The summed E-state index contributed by atoms with van der Waals surface area (Å²) >= 11 is 6.09. The van der Waals surface area contributed by atoms with Crippen molar-refractivity contribution in [3.8, 4) is 5.75 Å². The van der Waals surface area contributed by atoms with Crippen LogP contribution in [0, 0.1) is 11.7 Å². The Hall–Kier alpha value is -4.91. The second-order valence-corrected chi connectivity index (χ2v) is 12.0. The molecule has 0 spiro atoms. The molecule has 0 bridgehead atoms. The first-order valence-electron chi connectivity index (χ1n) is 15.2. The summed E-state index contributed by atoms with van der Waals surface area (Å²) in [5, 5.41) is 11.6. The Labute approximate surface area is 286 Å². The molecule has 4 aromatic rings. The predicted octanol–water partition coefficient (Wildman–Crippen LogP) is 9.23. The van der Waals surface area contributed by atoms with Crippen LogP contribution in [-0.2, 0) is 36.6 Å². The van der Waals surface area contributed by atoms with Crippen LogP contribution in [0.3, 0.4) is 0 Å². The van der Waals surface area contributed by atoms with Gasteiger partial charge in [0.1, 0.15) is 18.2 Å². The van der Waals surface area contributed by atoms with Crippen LogP contribution in [0.1, 0.15) is 56.6 Å². The van der Waals surface area contributed by atoms with Crippen molar-refractivity contribution < 1.29 is 50.2 Å². The van der Waals surface area contributed by atoms with E-state index in [2.05, 4.69) is 5.32 Å². The van der Waals surface area contributed by atoms with Gasteiger partial charge < -0.3 is 15.2 Å². The molecule has 5 rings (SSSR count). The first-order valence-corrected chi connectivity index (χ1v) is 15.6. The average Bonchev–Trinajstić information content (AvgIpc) is 3.05. The normalized spacial score (nSPS) is 14.5. The zero-order valence-corrected chi connectivity index (χ0v) is 26.7. The summed E-state index contributed by atoms with van der Waals surface area (Å²) in [6.07, 6.45) is -9.91. The second-order valence-electron chi connectivity index (χ2n) is 11.6. The van der Waals surface area contributed by atoms with E-state index in [1.165, 1.54) is 30.3 Å². The monoisotopic (exact) mass is 720 g/mol. The summed E-state index contributed by atoms with van der Waals surface area (Å²) in [6, 6.07) is 17.0. The van der Waals surface area contributed by atoms with Gasteiger partial charge in [-0.05, 0) is 103 Å². The number of carbonyl (C=O) groups excluding carboxylic acids is 1. The minimum Gasteiger partial charge on any atom is -0.489 e. The lowest BCUT2D eigenvalue weighted by molar-refractivity contribution is -0.143. The van der Waals surface area contributed by atoms with Crippen LogP contribution in [0.15, 0.2) is 83.9 Å². The van der Waals surface area contributed by atoms with E-state index in [0.717, 1.165) is 0 Å². The molecule has 1 aliphatic rings. The first kappa shape index (κ1) is 36.4. The van der Waals surface area contributed by atoms with Gasteiger partial charge in [0, 0.05) is 23.6 Å². The third-order valence-electron chi connectivity index (χ3n) is 8.09. The highest BCUT2D eigenvalue weighted by Gasteiger charge is 2.37. The van der Waals surface area contributed by atoms with Gasteiger partial charge in [-0.3, -0.25) is 14.6 Å². The highest BCUT2D eigenvalue weighted by molar-refractivity contribution is 6.31. The number of carbonyl (C=O) groups is 2. The lowest BCUT2D eigenvalue weighted by Crippen LogP contribution is -2.26. The van der Waals surface area contributed by atoms with Gasteiger partial charge in [-0.2, -0.15) is 26.3 Å². The van der Waals surface area contributed by atoms with Crippen LogP contribution in [0.5, 0.6) is 5.75 Å². The number of nitrogens with zero attached hydrogens (tertiary/aromatic N) is 1. The number of fused-ring (bicyclic) bond motifs is 1. The van der Waals surface area contributed by atoms with Crippen LogP contribution in [0.2, 0.25) is 5.02 Å². The van der Waals surface area contributed by atoms with E-state index in [0.29, 0.717) is 46.8 Å². The number of rotatable bonds is 11. The molecule has 0 saturated carbocycles. The summed E-state index contributed by atoms with van der Waals surface area (Å²) in [6.45, 7) is -0.249. The van der Waals surface area contributed by atoms with E-state index >= 15 is 0 Å². The van der Waals surface area contributed by atoms with E-state index in [1.54, 1.807) is 30.3 Å². The first-order chi connectivity index (χ1) is 23.6. The Balaban J connectivity index is 1.44. The summed E-state index contributed by atoms with van der Waals surface area (Å²) in [5.41, 5.74) is -0.370. The van der Waals surface area contributed by atoms with Gasteiger partial charge in [-0.25, -0.2) is 4.39 Å². The number of benzene rings is 4. The summed E-state index contributed by atoms with van der Waals surface area (Å²) in [5.74, 6) is -2.22. The summed E-state index contributed by atoms with van der Waals surface area (Å²) in [4.78, 5) is 28.3. The summed E-state index contributed by atoms with van der Waals surface area (Å²) < 4.78 is 101. The SMILES string of the molecule is O=C(O)CCNC(=O)c1ccc2c(c1)N=C(c1ccc(OCc3c(F)cccc3Cl)cc1)C(CCc1cc(C(F)(F)F)cc(C(F)(F)F)c1)C2. The number of amides is 1. The molecule has 1 aliphatic heterocycles. The quantitative estimate of drug-likeness (QED) is 0.151. The van der Waals surface area contributed by atoms with Crippen LogP contribution < -0.4 is 10.1 Å². The maximum absolute atomic E-state index is 14.2. The molecular formula is C36H28ClF7N2O4. The molecule has 50 heavy (non-hydrogen) atoms. The number of aryl methyl sites for hydroxylation is 1. The number of ether oxygens (including phenoxy) is 1. The molecule has 0 radical (unpaired) electrons. The Kier molecular flexibility index (Phi) is 10.8. The Morgan fingerprint density at radius 2 is 1.60 bits per heavy atom. The molecule has 4 aromatic carbocycles. The van der Waals surface area contributed by atoms with Crippen LogP contribution in [-0.4, -0.2) is 29.2 Å². The fourth-order valence-electron chi connectivity index (χ4n) is 5.54. The molecule has 1 heterocycles. The molecular weight excluding hydrogens is 693 g/mol. The number of halogens is 8. The molecule has 2 N–H and O–H groups in total. The van der Waals surface area contributed by atoms with E-state index in [9.17, 15) is 40.3 Å². The average molecular weight is 721 g/mol. The zero-order chi connectivity index (χ0) is 36.2. The Bertz CT molecular complexity index is 1870. The number of carboxylic acids is 1. The van der Waals surface area contributed by atoms with Crippen molar-refractivity contribution in [3.63, 3.8) is 0 Å². The van der Waals surface area contributed by atoms with Crippen LogP contribution in [0.25, 0.3) is 0 Å². The fraction of sp³-hybridized carbons (Fsp3) is 0.250. The second kappa shape index (κ2) is 14.9. The van der Waals surface area contributed by atoms with Gasteiger partial charge in [0.05, 0.1) is 34.0 Å². The van der Waals surface area contributed by atoms with E-state index in [-0.39, 0.29) is 60.2 Å². The van der Waals surface area contributed by atoms with Gasteiger partial charge in [0.2, 0.25) is 0 Å². The van der Waals surface area contributed by atoms with E-state index in [4.69, 9.17) is 26.4 Å². The van der Waals surface area contributed by atoms with Gasteiger partial charge >= 0.3 is 18.3 Å². The third kappa shape index (κ3) is 9.00. The molecule has 1 unspecified atom stereocenters. The number of aliphatic imine (C=N–C) groups is 1. The van der Waals surface area contributed by atoms with Crippen molar-refractivity contribution in [1.82, 2.24) is 5.32 Å². The van der Waals surface area contributed by atoms with Gasteiger partial charge in [0.15, 0.2) is 0 Å². The predicted molar refractivity (Wildman–Crippen MR) is 171 cm³/mol. The van der Waals surface area contributed by atoms with Gasteiger partial charge in [-0.1, -0.05) is 23.7 Å². The number of aliphatic carboxylic acids is 1. The molecule has 14 heteroatoms. The van der Waals surface area contributed by atoms with Gasteiger partial charge in [-0.15, -0.1) is 0 Å². The van der Waals surface area contributed by atoms with Crippen molar-refractivity contribution in [2.45, 2.75) is 44.6 Å². The smallest absolute Gasteiger partial charge is 0.416 e. The number of nitrogens with one attached hydrogen (secondary N) is 1. The Morgan fingerprint density at radius 3 is 2.22 bits per heavy atom. The molecule has 6 nitrogen and oxygen atoms in total. The zero-order valence-electron chi connectivity index (χ0n) is 26.0. The molecule has 0 fully saturated rings. The molecule has 0 aliphatic carbocycles. The maximum atomic E-state index is 14.2. The molecule has 262 valence electrons. The number of alkyl halides is 6. The number of carboxylic acid groups (broad SMARTS) is 1. The Morgan fingerprint density at radius 1 is 0.920 bits per heavy atom. The molecule has 1 amide bonds. The van der Waals surface area contributed by atoms with E-state index < -0.39 is 47.1 Å². The summed E-state index contributed by atoms with van der Waals surface area (Å²) in [7, 11) is 0. The van der Waals surface area contributed by atoms with Crippen LogP contribution in [0.4, 0.5) is 36.4 Å². The van der Waals surface area contributed by atoms with Crippen molar-refractivity contribution >= 4 is 34.9 Å². The van der Waals surface area contributed by atoms with E-state index in [1.807, 2.05) is 0 Å². The molecule has 0 saturated heterocycles. The highest BCUT2D eigenvalue weighted by atomic mass is 35.5. The fourth-order valence-corrected chi connectivity index (χ4v) is 5.76.